The Kier molecular flexibility index (Phi) is 5.01. The number of hydrogen-bond acceptors (Lipinski definition) is 7. The summed E-state index contributed by atoms with van der Waals surface area (Å²) >= 11 is 12.2. The Morgan fingerprint density at radius 3 is 2.59 bits per heavy atom. The van der Waals surface area contributed by atoms with Crippen molar-refractivity contribution in [2.24, 2.45) is 5.73 Å². The van der Waals surface area contributed by atoms with Gasteiger partial charge in [-0.25, -0.2) is 19.3 Å². The van der Waals surface area contributed by atoms with Crippen molar-refractivity contribution in [1.82, 2.24) is 34.6 Å². The monoisotopic (exact) mass is 432 g/mol. The number of carbonyl (C=O) groups excluding carboxylic acids is 1. The molecule has 29 heavy (non-hydrogen) atoms. The highest BCUT2D eigenvalue weighted by Gasteiger charge is 2.17. The maximum Gasteiger partial charge on any atom is 0.323 e. The molecular weight excluding hydrogens is 419 g/mol. The zero-order chi connectivity index (χ0) is 20.5. The maximum absolute atomic E-state index is 12.5. The number of aromatic nitrogens is 7. The summed E-state index contributed by atoms with van der Waals surface area (Å²) in [6, 6.07) is 2.16. The van der Waals surface area contributed by atoms with Gasteiger partial charge in [-0.05, 0) is 13.0 Å². The second kappa shape index (κ2) is 7.62. The van der Waals surface area contributed by atoms with Gasteiger partial charge < -0.3 is 16.4 Å². The number of hydrogen-bond donors (Lipinski definition) is 3. The quantitative estimate of drug-likeness (QED) is 0.449. The molecule has 0 aliphatic heterocycles. The summed E-state index contributed by atoms with van der Waals surface area (Å²) in [6.07, 6.45) is 5.94. The molecule has 4 aromatic rings. The first-order valence-corrected chi connectivity index (χ1v) is 9.08. The summed E-state index contributed by atoms with van der Waals surface area (Å²) < 4.78 is 1.49. The van der Waals surface area contributed by atoms with Gasteiger partial charge in [0.2, 0.25) is 0 Å². The highest BCUT2D eigenvalue weighted by Crippen LogP contribution is 2.24. The molecule has 0 fully saturated rings. The number of amides is 2. The number of fused-ring (bicyclic) bond motifs is 1. The number of anilines is 2. The van der Waals surface area contributed by atoms with E-state index in [2.05, 4.69) is 35.9 Å². The van der Waals surface area contributed by atoms with Crippen molar-refractivity contribution in [2.75, 3.05) is 10.6 Å². The smallest absolute Gasteiger partial charge is 0.323 e. The highest BCUT2D eigenvalue weighted by atomic mass is 35.5. The number of carbonyl (C=O) groups is 1. The van der Waals surface area contributed by atoms with E-state index in [1.807, 2.05) is 0 Å². The van der Waals surface area contributed by atoms with E-state index < -0.39 is 12.1 Å². The lowest BCUT2D eigenvalue weighted by Crippen LogP contribution is -2.23. The van der Waals surface area contributed by atoms with Gasteiger partial charge in [0.25, 0.3) is 0 Å². The summed E-state index contributed by atoms with van der Waals surface area (Å²) in [5.74, 6) is 0.340. The van der Waals surface area contributed by atoms with E-state index in [1.165, 1.54) is 40.2 Å². The summed E-state index contributed by atoms with van der Waals surface area (Å²) in [4.78, 5) is 22.2. The fourth-order valence-corrected chi connectivity index (χ4v) is 3.13. The lowest BCUT2D eigenvalue weighted by molar-refractivity contribution is 0.262. The topological polar surface area (TPSA) is 141 Å². The van der Waals surface area contributed by atoms with Crippen LogP contribution >= 0.6 is 23.2 Å². The van der Waals surface area contributed by atoms with Crippen LogP contribution < -0.4 is 16.4 Å². The molecule has 0 aliphatic rings. The van der Waals surface area contributed by atoms with Crippen LogP contribution in [0.3, 0.4) is 0 Å². The van der Waals surface area contributed by atoms with Gasteiger partial charge in [0.05, 0.1) is 46.9 Å². The van der Waals surface area contributed by atoms with Gasteiger partial charge >= 0.3 is 6.03 Å². The number of urea groups is 1. The second-order valence-electron chi connectivity index (χ2n) is 6.01. The van der Waals surface area contributed by atoms with Gasteiger partial charge in [-0.1, -0.05) is 23.2 Å². The first kappa shape index (κ1) is 19.1. The first-order chi connectivity index (χ1) is 13.9. The molecule has 2 amide bonds. The minimum atomic E-state index is -0.533. The molecular formula is C16H14Cl2N10O. The molecule has 0 saturated heterocycles. The normalized spacial score (nSPS) is 12.1. The van der Waals surface area contributed by atoms with E-state index in [-0.39, 0.29) is 10.2 Å². The Hall–Kier alpha value is -3.28. The fraction of sp³-hybridized carbons (Fsp3) is 0.125. The van der Waals surface area contributed by atoms with E-state index in [9.17, 15) is 4.79 Å². The molecule has 4 rings (SSSR count). The van der Waals surface area contributed by atoms with Crippen molar-refractivity contribution in [2.45, 2.75) is 13.0 Å². The standard InChI is InChI=1S/C16H14Cl2N10O/c1-8(19)14-11(7-20-13-5-12(18)26-27(13)14)25-16(29)24-9-4-10(17)15(21-6-9)28-22-2-3-23-28/h2-8H,19H2,1H3,(H2,24,25,29). The van der Waals surface area contributed by atoms with Crippen molar-refractivity contribution < 1.29 is 4.79 Å². The first-order valence-electron chi connectivity index (χ1n) is 8.32. The molecule has 4 heterocycles. The van der Waals surface area contributed by atoms with Crippen LogP contribution in [0.2, 0.25) is 10.2 Å². The van der Waals surface area contributed by atoms with Crippen molar-refractivity contribution >= 4 is 46.3 Å². The summed E-state index contributed by atoms with van der Waals surface area (Å²) in [5.41, 5.74) is 7.89. The van der Waals surface area contributed by atoms with Crippen LogP contribution in [0, 0.1) is 0 Å². The summed E-state index contributed by atoms with van der Waals surface area (Å²) in [5, 5.41) is 18.0. The van der Waals surface area contributed by atoms with Gasteiger partial charge in [0.15, 0.2) is 16.6 Å². The molecule has 4 N–H and O–H groups in total. The lowest BCUT2D eigenvalue weighted by atomic mass is 10.2. The van der Waals surface area contributed by atoms with E-state index in [1.54, 1.807) is 13.0 Å². The zero-order valence-electron chi connectivity index (χ0n) is 14.9. The minimum absolute atomic E-state index is 0.268. The average Bonchev–Trinajstić information content (AvgIpc) is 3.30. The molecule has 148 valence electrons. The van der Waals surface area contributed by atoms with Crippen LogP contribution in [0.4, 0.5) is 16.2 Å². The van der Waals surface area contributed by atoms with Crippen LogP contribution in [0.15, 0.2) is 36.9 Å². The van der Waals surface area contributed by atoms with Gasteiger partial charge in [0, 0.05) is 12.1 Å². The second-order valence-corrected chi connectivity index (χ2v) is 6.80. The summed E-state index contributed by atoms with van der Waals surface area (Å²) in [6.45, 7) is 1.76. The van der Waals surface area contributed by atoms with Gasteiger partial charge in [-0.2, -0.15) is 15.3 Å². The van der Waals surface area contributed by atoms with Crippen LogP contribution in [-0.4, -0.2) is 40.6 Å². The zero-order valence-corrected chi connectivity index (χ0v) is 16.4. The number of rotatable bonds is 4. The molecule has 11 nitrogen and oxygen atoms in total. The van der Waals surface area contributed by atoms with Crippen LogP contribution in [0.25, 0.3) is 11.5 Å². The van der Waals surface area contributed by atoms with Crippen molar-refractivity contribution in [3.05, 3.63) is 52.8 Å². The third-order valence-corrected chi connectivity index (χ3v) is 4.32. The highest BCUT2D eigenvalue weighted by molar-refractivity contribution is 6.32. The number of nitrogens with one attached hydrogen (secondary N) is 2. The van der Waals surface area contributed by atoms with E-state index in [0.29, 0.717) is 28.5 Å². The molecule has 0 spiro atoms. The Morgan fingerprint density at radius 1 is 1.14 bits per heavy atom. The van der Waals surface area contributed by atoms with Crippen LogP contribution in [-0.2, 0) is 0 Å². The maximum atomic E-state index is 12.5. The average molecular weight is 433 g/mol. The Bertz CT molecular complexity index is 1190. The van der Waals surface area contributed by atoms with Crippen molar-refractivity contribution in [3.63, 3.8) is 0 Å². The Morgan fingerprint density at radius 2 is 1.90 bits per heavy atom. The Labute approximate surface area is 173 Å². The molecule has 0 radical (unpaired) electrons. The van der Waals surface area contributed by atoms with E-state index in [4.69, 9.17) is 28.9 Å². The third-order valence-electron chi connectivity index (χ3n) is 3.86. The molecule has 1 atom stereocenters. The van der Waals surface area contributed by atoms with Crippen molar-refractivity contribution in [1.29, 1.82) is 0 Å². The number of halogens is 2. The van der Waals surface area contributed by atoms with E-state index >= 15 is 0 Å². The number of nitrogens with two attached hydrogens (primary N) is 1. The third kappa shape index (κ3) is 3.83. The largest absolute Gasteiger partial charge is 0.323 e. The molecule has 0 aromatic carbocycles. The Balaban J connectivity index is 1.56. The SMILES string of the molecule is CC(N)c1c(NC(=O)Nc2cnc(-n3nccn3)c(Cl)c2)cnc2cc(Cl)nn12. The summed E-state index contributed by atoms with van der Waals surface area (Å²) in [7, 11) is 0. The molecule has 1 unspecified atom stereocenters. The van der Waals surface area contributed by atoms with Crippen LogP contribution in [0.5, 0.6) is 0 Å². The predicted molar refractivity (Wildman–Crippen MR) is 107 cm³/mol. The fourth-order valence-electron chi connectivity index (χ4n) is 2.71. The van der Waals surface area contributed by atoms with Crippen LogP contribution in [0.1, 0.15) is 18.7 Å². The lowest BCUT2D eigenvalue weighted by Gasteiger charge is -2.15. The van der Waals surface area contributed by atoms with Gasteiger partial charge in [0.1, 0.15) is 0 Å². The van der Waals surface area contributed by atoms with E-state index in [0.717, 1.165) is 0 Å². The molecule has 0 bridgehead atoms. The van der Waals surface area contributed by atoms with Crippen molar-refractivity contribution in [3.8, 4) is 5.82 Å². The predicted octanol–water partition coefficient (Wildman–Crippen LogP) is 2.68. The molecule has 0 saturated carbocycles. The molecule has 13 heteroatoms. The number of pyridine rings is 1. The molecule has 4 aromatic heterocycles. The molecule has 0 aliphatic carbocycles. The minimum Gasteiger partial charge on any atom is -0.323 e. The van der Waals surface area contributed by atoms with Gasteiger partial charge in [-0.15, -0.1) is 4.80 Å². The van der Waals surface area contributed by atoms with Gasteiger partial charge in [-0.3, -0.25) is 0 Å². The number of nitrogens with zero attached hydrogens (tertiary/aromatic N) is 7.